The van der Waals surface area contributed by atoms with Gasteiger partial charge in [-0.25, -0.2) is 0 Å². The first-order chi connectivity index (χ1) is 9.32. The molecule has 0 aromatic rings. The molecule has 0 amide bonds. The molecular weight excluding hydrogens is 234 g/mol. The van der Waals surface area contributed by atoms with E-state index in [9.17, 15) is 0 Å². The molecule has 2 heteroatoms. The van der Waals surface area contributed by atoms with Gasteiger partial charge >= 0.3 is 0 Å². The normalized spacial score (nSPS) is 26.2. The molecule has 0 spiro atoms. The number of rotatable bonds is 6. The molecule has 1 unspecified atom stereocenters. The van der Waals surface area contributed by atoms with Gasteiger partial charge in [-0.1, -0.05) is 45.4 Å². The van der Waals surface area contributed by atoms with Crippen LogP contribution in [-0.2, 0) is 4.74 Å². The van der Waals surface area contributed by atoms with Crippen LogP contribution in [0.15, 0.2) is 0 Å². The maximum absolute atomic E-state index is 6.17. The Morgan fingerprint density at radius 2 is 1.68 bits per heavy atom. The summed E-state index contributed by atoms with van der Waals surface area (Å²) in [5.41, 5.74) is 0.126. The van der Waals surface area contributed by atoms with Gasteiger partial charge in [0, 0.05) is 13.2 Å². The Morgan fingerprint density at radius 3 is 2.21 bits per heavy atom. The van der Waals surface area contributed by atoms with Gasteiger partial charge in [-0.05, 0) is 44.6 Å². The van der Waals surface area contributed by atoms with E-state index in [0.717, 1.165) is 12.5 Å². The predicted molar refractivity (Wildman–Crippen MR) is 81.5 cm³/mol. The molecule has 112 valence electrons. The van der Waals surface area contributed by atoms with Crippen LogP contribution in [0, 0.1) is 5.92 Å². The van der Waals surface area contributed by atoms with Crippen molar-refractivity contribution in [3.05, 3.63) is 0 Å². The van der Waals surface area contributed by atoms with Gasteiger partial charge in [-0.2, -0.15) is 0 Å². The average Bonchev–Trinajstić information content (AvgIpc) is 2.85. The quantitative estimate of drug-likeness (QED) is 0.725. The van der Waals surface area contributed by atoms with Crippen LogP contribution in [0.3, 0.4) is 0 Å². The van der Waals surface area contributed by atoms with Crippen molar-refractivity contribution in [3.63, 3.8) is 0 Å². The van der Waals surface area contributed by atoms with Crippen LogP contribution in [0.2, 0.25) is 0 Å². The molecule has 2 aliphatic carbocycles. The van der Waals surface area contributed by atoms with Crippen LogP contribution < -0.4 is 5.32 Å². The number of hydrogen-bond donors (Lipinski definition) is 1. The highest BCUT2D eigenvalue weighted by molar-refractivity contribution is 4.99. The van der Waals surface area contributed by atoms with Gasteiger partial charge in [0.15, 0.2) is 0 Å². The van der Waals surface area contributed by atoms with E-state index in [1.54, 1.807) is 0 Å². The summed E-state index contributed by atoms with van der Waals surface area (Å²) in [4.78, 5) is 0. The van der Waals surface area contributed by atoms with Crippen molar-refractivity contribution in [3.8, 4) is 0 Å². The zero-order valence-corrected chi connectivity index (χ0v) is 13.0. The number of ether oxygens (including phenoxy) is 1. The molecule has 0 radical (unpaired) electrons. The molecule has 19 heavy (non-hydrogen) atoms. The van der Waals surface area contributed by atoms with E-state index in [1.165, 1.54) is 70.6 Å². The highest BCUT2D eigenvalue weighted by Crippen LogP contribution is 2.40. The third-order valence-electron chi connectivity index (χ3n) is 5.41. The lowest BCUT2D eigenvalue weighted by atomic mass is 9.78. The Morgan fingerprint density at radius 1 is 1.05 bits per heavy atom. The Bertz CT molecular complexity index is 240. The predicted octanol–water partition coefficient (Wildman–Crippen LogP) is 4.28. The summed E-state index contributed by atoms with van der Waals surface area (Å²) in [6.45, 7) is 3.41. The zero-order valence-electron chi connectivity index (χ0n) is 13.0. The lowest BCUT2D eigenvalue weighted by molar-refractivity contribution is -0.0673. The number of hydrogen-bond acceptors (Lipinski definition) is 2. The van der Waals surface area contributed by atoms with Crippen LogP contribution in [0.1, 0.15) is 77.6 Å². The summed E-state index contributed by atoms with van der Waals surface area (Å²) in [5.74, 6) is 0.851. The molecule has 0 aliphatic heterocycles. The fraction of sp³-hybridized carbons (Fsp3) is 1.00. The summed E-state index contributed by atoms with van der Waals surface area (Å²) >= 11 is 0. The molecule has 2 fully saturated rings. The van der Waals surface area contributed by atoms with E-state index in [0.29, 0.717) is 6.04 Å². The molecule has 0 bridgehead atoms. The van der Waals surface area contributed by atoms with Crippen molar-refractivity contribution in [2.75, 3.05) is 13.7 Å². The molecule has 2 saturated carbocycles. The molecule has 2 nitrogen and oxygen atoms in total. The van der Waals surface area contributed by atoms with E-state index >= 15 is 0 Å². The van der Waals surface area contributed by atoms with Crippen molar-refractivity contribution >= 4 is 0 Å². The second-order valence-corrected chi connectivity index (χ2v) is 6.66. The van der Waals surface area contributed by atoms with Crippen molar-refractivity contribution in [1.82, 2.24) is 5.32 Å². The van der Waals surface area contributed by atoms with Crippen LogP contribution >= 0.6 is 0 Å². The van der Waals surface area contributed by atoms with Gasteiger partial charge in [-0.3, -0.25) is 0 Å². The van der Waals surface area contributed by atoms with Crippen LogP contribution in [0.25, 0.3) is 0 Å². The Balaban J connectivity index is 2.11. The zero-order chi connectivity index (χ0) is 13.6. The van der Waals surface area contributed by atoms with Crippen LogP contribution in [0.4, 0.5) is 0 Å². The Kier molecular flexibility index (Phi) is 6.15. The minimum absolute atomic E-state index is 0.126. The van der Waals surface area contributed by atoms with Gasteiger partial charge < -0.3 is 10.1 Å². The number of methoxy groups -OCH3 is 1. The molecule has 1 atom stereocenters. The minimum atomic E-state index is 0.126. The highest BCUT2D eigenvalue weighted by Gasteiger charge is 2.43. The second-order valence-electron chi connectivity index (χ2n) is 6.66. The summed E-state index contributed by atoms with van der Waals surface area (Å²) in [6, 6.07) is 0.595. The average molecular weight is 267 g/mol. The summed E-state index contributed by atoms with van der Waals surface area (Å²) in [7, 11) is 1.96. The van der Waals surface area contributed by atoms with E-state index in [2.05, 4.69) is 12.2 Å². The molecule has 0 saturated heterocycles. The largest absolute Gasteiger partial charge is 0.377 e. The third-order valence-corrected chi connectivity index (χ3v) is 5.41. The molecule has 1 N–H and O–H groups in total. The summed E-state index contributed by atoms with van der Waals surface area (Å²) < 4.78 is 6.17. The van der Waals surface area contributed by atoms with Gasteiger partial charge in [0.05, 0.1) is 5.60 Å². The van der Waals surface area contributed by atoms with Gasteiger partial charge in [0.1, 0.15) is 0 Å². The molecule has 0 aromatic carbocycles. The lowest BCUT2D eigenvalue weighted by Crippen LogP contribution is -2.55. The molecule has 0 heterocycles. The van der Waals surface area contributed by atoms with E-state index in [-0.39, 0.29) is 5.60 Å². The van der Waals surface area contributed by atoms with Gasteiger partial charge in [0.25, 0.3) is 0 Å². The van der Waals surface area contributed by atoms with Crippen LogP contribution in [-0.4, -0.2) is 25.3 Å². The maximum Gasteiger partial charge on any atom is 0.0833 e. The van der Waals surface area contributed by atoms with Gasteiger partial charge in [0.2, 0.25) is 0 Å². The Labute approximate surface area is 119 Å². The monoisotopic (exact) mass is 267 g/mol. The smallest absolute Gasteiger partial charge is 0.0833 e. The van der Waals surface area contributed by atoms with Gasteiger partial charge in [-0.15, -0.1) is 0 Å². The van der Waals surface area contributed by atoms with Crippen molar-refractivity contribution in [2.45, 2.75) is 89.2 Å². The maximum atomic E-state index is 6.17. The summed E-state index contributed by atoms with van der Waals surface area (Å²) in [6.07, 6.45) is 14.9. The topological polar surface area (TPSA) is 21.3 Å². The van der Waals surface area contributed by atoms with Crippen LogP contribution in [0.5, 0.6) is 0 Å². The van der Waals surface area contributed by atoms with Crippen molar-refractivity contribution < 1.29 is 4.74 Å². The first-order valence-electron chi connectivity index (χ1n) is 8.61. The number of nitrogens with one attached hydrogen (secondary N) is 1. The lowest BCUT2D eigenvalue weighted by Gasteiger charge is -2.43. The minimum Gasteiger partial charge on any atom is -0.377 e. The first kappa shape index (κ1) is 15.3. The van der Waals surface area contributed by atoms with Crippen molar-refractivity contribution in [1.29, 1.82) is 0 Å². The molecule has 2 rings (SSSR count). The van der Waals surface area contributed by atoms with E-state index in [1.807, 2.05) is 7.11 Å². The fourth-order valence-corrected chi connectivity index (χ4v) is 4.34. The second kappa shape index (κ2) is 7.64. The standard InChI is InChI=1S/C17H33NO/c1-3-14-18-16(15-10-6-7-11-15)17(19-2)12-8-4-5-9-13-17/h15-16,18H,3-14H2,1-2H3. The summed E-state index contributed by atoms with van der Waals surface area (Å²) in [5, 5.41) is 3.88. The SMILES string of the molecule is CCCNC(C1CCCC1)C1(OC)CCCCCC1. The van der Waals surface area contributed by atoms with E-state index in [4.69, 9.17) is 4.74 Å². The molecule has 0 aromatic heterocycles. The molecule has 2 aliphatic rings. The van der Waals surface area contributed by atoms with Crippen molar-refractivity contribution in [2.24, 2.45) is 5.92 Å². The van der Waals surface area contributed by atoms with E-state index < -0.39 is 0 Å². The molecular formula is C17H33NO. The Hall–Kier alpha value is -0.0800. The third kappa shape index (κ3) is 3.72. The fourth-order valence-electron chi connectivity index (χ4n) is 4.34. The first-order valence-corrected chi connectivity index (χ1v) is 8.61. The highest BCUT2D eigenvalue weighted by atomic mass is 16.5.